The first-order chi connectivity index (χ1) is 12.4. The summed E-state index contributed by atoms with van der Waals surface area (Å²) in [6.45, 7) is 2.97. The highest BCUT2D eigenvalue weighted by Crippen LogP contribution is 2.18. The number of aliphatic carboxylic acids is 1. The van der Waals surface area contributed by atoms with Crippen LogP contribution >= 0.6 is 11.8 Å². The maximum atomic E-state index is 12.3. The highest BCUT2D eigenvalue weighted by Gasteiger charge is 2.27. The Morgan fingerprint density at radius 2 is 1.96 bits per heavy atom. The standard InChI is InChI=1S/C19H26N2O4S/c1-14-4-3-5-15(10-14)12-26-13-18(23)20(2)11-17(22)21-8-6-16(7-9-21)19(24)25/h3-5,10,16H,6-9,11-13H2,1-2H3,(H,24,25). The Morgan fingerprint density at radius 1 is 1.27 bits per heavy atom. The molecule has 1 saturated heterocycles. The number of benzene rings is 1. The third kappa shape index (κ3) is 6.05. The van der Waals surface area contributed by atoms with E-state index in [0.717, 1.165) is 5.75 Å². The number of carbonyl (C=O) groups excluding carboxylic acids is 2. The van der Waals surface area contributed by atoms with Crippen molar-refractivity contribution in [3.8, 4) is 0 Å². The van der Waals surface area contributed by atoms with Crippen molar-refractivity contribution in [2.24, 2.45) is 5.92 Å². The average Bonchev–Trinajstić information content (AvgIpc) is 2.61. The number of amides is 2. The van der Waals surface area contributed by atoms with Crippen LogP contribution < -0.4 is 0 Å². The van der Waals surface area contributed by atoms with E-state index in [1.165, 1.54) is 27.8 Å². The summed E-state index contributed by atoms with van der Waals surface area (Å²) in [4.78, 5) is 38.6. The van der Waals surface area contributed by atoms with Gasteiger partial charge in [-0.05, 0) is 25.3 Å². The van der Waals surface area contributed by atoms with E-state index in [9.17, 15) is 14.4 Å². The van der Waals surface area contributed by atoms with Gasteiger partial charge in [0.15, 0.2) is 0 Å². The van der Waals surface area contributed by atoms with Crippen molar-refractivity contribution in [1.82, 2.24) is 9.80 Å². The molecule has 6 nitrogen and oxygen atoms in total. The van der Waals surface area contributed by atoms with E-state index in [2.05, 4.69) is 6.07 Å². The van der Waals surface area contributed by atoms with Crippen LogP contribution in [0, 0.1) is 12.8 Å². The summed E-state index contributed by atoms with van der Waals surface area (Å²) < 4.78 is 0. The quantitative estimate of drug-likeness (QED) is 0.785. The minimum absolute atomic E-state index is 0.0432. The SMILES string of the molecule is Cc1cccc(CSCC(=O)N(C)CC(=O)N2CCC(C(=O)O)CC2)c1. The van der Waals surface area contributed by atoms with Crippen molar-refractivity contribution in [2.75, 3.05) is 32.4 Å². The fraction of sp³-hybridized carbons (Fsp3) is 0.526. The molecule has 0 spiro atoms. The molecule has 2 rings (SSSR count). The van der Waals surface area contributed by atoms with Crippen LogP contribution in [0.15, 0.2) is 24.3 Å². The lowest BCUT2D eigenvalue weighted by molar-refractivity contribution is -0.146. The second kappa shape index (κ2) is 9.62. The number of carboxylic acid groups (broad SMARTS) is 1. The van der Waals surface area contributed by atoms with Crippen LogP contribution in [0.1, 0.15) is 24.0 Å². The zero-order valence-electron chi connectivity index (χ0n) is 15.3. The van der Waals surface area contributed by atoms with E-state index in [1.807, 2.05) is 25.1 Å². The van der Waals surface area contributed by atoms with E-state index in [0.29, 0.717) is 31.7 Å². The molecule has 1 aromatic rings. The second-order valence-corrected chi connectivity index (χ2v) is 7.71. The first-order valence-corrected chi connectivity index (χ1v) is 9.90. The monoisotopic (exact) mass is 378 g/mol. The topological polar surface area (TPSA) is 77.9 Å². The Hall–Kier alpha value is -2.02. The number of rotatable bonds is 7. The molecule has 0 saturated carbocycles. The third-order valence-corrected chi connectivity index (χ3v) is 5.56. The molecule has 1 N–H and O–H groups in total. The third-order valence-electron chi connectivity index (χ3n) is 4.57. The molecular weight excluding hydrogens is 352 g/mol. The van der Waals surface area contributed by atoms with Crippen molar-refractivity contribution in [2.45, 2.75) is 25.5 Å². The number of carbonyl (C=O) groups is 3. The van der Waals surface area contributed by atoms with E-state index >= 15 is 0 Å². The molecule has 0 bridgehead atoms. The number of likely N-dealkylation sites (tertiary alicyclic amines) is 1. The predicted octanol–water partition coefficient (Wildman–Crippen LogP) is 2.01. The predicted molar refractivity (Wildman–Crippen MR) is 102 cm³/mol. The molecule has 1 aromatic carbocycles. The molecule has 1 fully saturated rings. The fourth-order valence-corrected chi connectivity index (χ4v) is 3.85. The molecule has 0 radical (unpaired) electrons. The van der Waals surface area contributed by atoms with Crippen LogP contribution in [0.25, 0.3) is 0 Å². The first-order valence-electron chi connectivity index (χ1n) is 8.74. The zero-order valence-corrected chi connectivity index (χ0v) is 16.1. The normalized spacial score (nSPS) is 14.9. The smallest absolute Gasteiger partial charge is 0.306 e. The van der Waals surface area contributed by atoms with Crippen LogP contribution in [-0.4, -0.2) is 65.1 Å². The number of thioether (sulfide) groups is 1. The van der Waals surface area contributed by atoms with Gasteiger partial charge in [-0.1, -0.05) is 29.8 Å². The highest BCUT2D eigenvalue weighted by atomic mass is 32.2. The van der Waals surface area contributed by atoms with Gasteiger partial charge in [-0.25, -0.2) is 0 Å². The van der Waals surface area contributed by atoms with Crippen LogP contribution in [-0.2, 0) is 20.1 Å². The van der Waals surface area contributed by atoms with Gasteiger partial charge in [-0.15, -0.1) is 11.8 Å². The number of hydrogen-bond acceptors (Lipinski definition) is 4. The maximum absolute atomic E-state index is 12.3. The summed E-state index contributed by atoms with van der Waals surface area (Å²) in [7, 11) is 1.64. The summed E-state index contributed by atoms with van der Waals surface area (Å²) in [5.74, 6) is -0.257. The largest absolute Gasteiger partial charge is 0.481 e. The first kappa shape index (κ1) is 20.3. The number of carboxylic acids is 1. The lowest BCUT2D eigenvalue weighted by Crippen LogP contribution is -2.45. The molecule has 0 atom stereocenters. The minimum Gasteiger partial charge on any atom is -0.481 e. The molecule has 0 aliphatic carbocycles. The molecule has 7 heteroatoms. The van der Waals surface area contributed by atoms with Gasteiger partial charge in [-0.2, -0.15) is 0 Å². The molecule has 142 valence electrons. The molecule has 1 aliphatic heterocycles. The number of hydrogen-bond donors (Lipinski definition) is 1. The van der Waals surface area contributed by atoms with Crippen molar-refractivity contribution in [1.29, 1.82) is 0 Å². The van der Waals surface area contributed by atoms with E-state index < -0.39 is 5.97 Å². The number of piperidine rings is 1. The van der Waals surface area contributed by atoms with Gasteiger partial charge in [0.05, 0.1) is 18.2 Å². The number of nitrogens with zero attached hydrogens (tertiary/aromatic N) is 2. The minimum atomic E-state index is -0.796. The molecule has 26 heavy (non-hydrogen) atoms. The van der Waals surface area contributed by atoms with Crippen LogP contribution in [0.4, 0.5) is 0 Å². The molecule has 1 heterocycles. The van der Waals surface area contributed by atoms with E-state index in [-0.39, 0.29) is 24.3 Å². The van der Waals surface area contributed by atoms with Crippen molar-refractivity contribution < 1.29 is 19.5 Å². The lowest BCUT2D eigenvalue weighted by atomic mass is 9.97. The molecular formula is C19H26N2O4S. The van der Waals surface area contributed by atoms with Gasteiger partial charge >= 0.3 is 5.97 Å². The van der Waals surface area contributed by atoms with Crippen molar-refractivity contribution in [3.63, 3.8) is 0 Å². The molecule has 1 aliphatic rings. The van der Waals surface area contributed by atoms with Gasteiger partial charge in [0, 0.05) is 25.9 Å². The zero-order chi connectivity index (χ0) is 19.1. The van der Waals surface area contributed by atoms with Crippen LogP contribution in [0.3, 0.4) is 0 Å². The van der Waals surface area contributed by atoms with Crippen LogP contribution in [0.2, 0.25) is 0 Å². The van der Waals surface area contributed by atoms with Gasteiger partial charge in [-0.3, -0.25) is 14.4 Å². The number of likely N-dealkylation sites (N-methyl/N-ethyl adjacent to an activating group) is 1. The van der Waals surface area contributed by atoms with E-state index in [1.54, 1.807) is 11.9 Å². The average molecular weight is 378 g/mol. The Bertz CT molecular complexity index is 657. The summed E-state index contributed by atoms with van der Waals surface area (Å²) in [5, 5.41) is 9.00. The molecule has 0 unspecified atom stereocenters. The van der Waals surface area contributed by atoms with E-state index in [4.69, 9.17) is 5.11 Å². The highest BCUT2D eigenvalue weighted by molar-refractivity contribution is 7.99. The van der Waals surface area contributed by atoms with Gasteiger partial charge in [0.2, 0.25) is 11.8 Å². The van der Waals surface area contributed by atoms with Gasteiger partial charge in [0.1, 0.15) is 0 Å². The number of aryl methyl sites for hydroxylation is 1. The Labute approximate surface area is 158 Å². The summed E-state index contributed by atoms with van der Waals surface area (Å²) in [6, 6.07) is 8.19. The summed E-state index contributed by atoms with van der Waals surface area (Å²) >= 11 is 1.54. The van der Waals surface area contributed by atoms with Crippen molar-refractivity contribution in [3.05, 3.63) is 35.4 Å². The Kier molecular flexibility index (Phi) is 7.50. The molecule has 2 amide bonds. The summed E-state index contributed by atoms with van der Waals surface area (Å²) in [5.41, 5.74) is 2.38. The fourth-order valence-electron chi connectivity index (χ4n) is 2.94. The Morgan fingerprint density at radius 3 is 2.58 bits per heavy atom. The van der Waals surface area contributed by atoms with Gasteiger partial charge in [0.25, 0.3) is 0 Å². The molecule has 0 aromatic heterocycles. The van der Waals surface area contributed by atoms with Crippen LogP contribution in [0.5, 0.6) is 0 Å². The second-order valence-electron chi connectivity index (χ2n) is 6.72. The maximum Gasteiger partial charge on any atom is 0.306 e. The van der Waals surface area contributed by atoms with Gasteiger partial charge < -0.3 is 14.9 Å². The lowest BCUT2D eigenvalue weighted by Gasteiger charge is -2.31. The summed E-state index contributed by atoms with van der Waals surface area (Å²) in [6.07, 6.45) is 0.955. The Balaban J connectivity index is 1.71. The van der Waals surface area contributed by atoms with Crippen molar-refractivity contribution >= 4 is 29.5 Å².